The van der Waals surface area contributed by atoms with Gasteiger partial charge in [0.1, 0.15) is 11.5 Å². The van der Waals surface area contributed by atoms with Gasteiger partial charge in [-0.05, 0) is 36.8 Å². The summed E-state index contributed by atoms with van der Waals surface area (Å²) in [4.78, 5) is 0. The first kappa shape index (κ1) is 13.2. The van der Waals surface area contributed by atoms with Crippen molar-refractivity contribution in [2.75, 3.05) is 14.2 Å². The molecule has 0 radical (unpaired) electrons. The number of methoxy groups -OCH3 is 2. The molecule has 18 heavy (non-hydrogen) atoms. The van der Waals surface area contributed by atoms with Crippen LogP contribution in [0.2, 0.25) is 0 Å². The SMILES string of the molecule is COc1ccc(C2CC(C)CCC2N)c(OC)c1. The second-order valence-electron chi connectivity index (χ2n) is 5.30. The van der Waals surface area contributed by atoms with Crippen LogP contribution in [0.4, 0.5) is 0 Å². The Balaban J connectivity index is 2.30. The molecule has 2 rings (SSSR count). The highest BCUT2D eigenvalue weighted by Gasteiger charge is 2.29. The first-order valence-corrected chi connectivity index (χ1v) is 6.63. The minimum absolute atomic E-state index is 0.239. The normalized spacial score (nSPS) is 27.9. The van der Waals surface area contributed by atoms with Gasteiger partial charge < -0.3 is 15.2 Å². The Bertz CT molecular complexity index is 405. The zero-order chi connectivity index (χ0) is 13.1. The van der Waals surface area contributed by atoms with E-state index in [2.05, 4.69) is 13.0 Å². The van der Waals surface area contributed by atoms with E-state index in [0.29, 0.717) is 5.92 Å². The molecule has 0 heterocycles. The van der Waals surface area contributed by atoms with Gasteiger partial charge in [-0.1, -0.05) is 13.0 Å². The predicted octanol–water partition coefficient (Wildman–Crippen LogP) is 2.93. The summed E-state index contributed by atoms with van der Waals surface area (Å²) in [5, 5.41) is 0. The van der Waals surface area contributed by atoms with Gasteiger partial charge in [0.2, 0.25) is 0 Å². The van der Waals surface area contributed by atoms with Crippen LogP contribution in [0.3, 0.4) is 0 Å². The Hall–Kier alpha value is -1.22. The summed E-state index contributed by atoms with van der Waals surface area (Å²) in [5.41, 5.74) is 7.50. The molecule has 1 aromatic carbocycles. The van der Waals surface area contributed by atoms with E-state index in [9.17, 15) is 0 Å². The van der Waals surface area contributed by atoms with Gasteiger partial charge in [0.15, 0.2) is 0 Å². The van der Waals surface area contributed by atoms with Gasteiger partial charge in [-0.15, -0.1) is 0 Å². The lowest BCUT2D eigenvalue weighted by atomic mass is 9.75. The van der Waals surface area contributed by atoms with Crippen LogP contribution in [0.1, 0.15) is 37.7 Å². The van der Waals surface area contributed by atoms with Crippen molar-refractivity contribution >= 4 is 0 Å². The summed E-state index contributed by atoms with van der Waals surface area (Å²) >= 11 is 0. The van der Waals surface area contributed by atoms with E-state index < -0.39 is 0 Å². The number of ether oxygens (including phenoxy) is 2. The maximum Gasteiger partial charge on any atom is 0.126 e. The molecule has 3 unspecified atom stereocenters. The van der Waals surface area contributed by atoms with Gasteiger partial charge in [-0.3, -0.25) is 0 Å². The largest absolute Gasteiger partial charge is 0.497 e. The molecule has 2 N–H and O–H groups in total. The average Bonchev–Trinajstić information content (AvgIpc) is 2.41. The predicted molar refractivity (Wildman–Crippen MR) is 73.3 cm³/mol. The minimum Gasteiger partial charge on any atom is -0.497 e. The van der Waals surface area contributed by atoms with Crippen molar-refractivity contribution in [1.29, 1.82) is 0 Å². The molecule has 0 saturated heterocycles. The number of rotatable bonds is 3. The smallest absolute Gasteiger partial charge is 0.126 e. The highest BCUT2D eigenvalue weighted by molar-refractivity contribution is 5.43. The molecule has 0 aromatic heterocycles. The Morgan fingerprint density at radius 1 is 1.17 bits per heavy atom. The molecule has 1 aliphatic carbocycles. The lowest BCUT2D eigenvalue weighted by Gasteiger charge is -2.33. The Morgan fingerprint density at radius 3 is 2.61 bits per heavy atom. The van der Waals surface area contributed by atoms with Gasteiger partial charge >= 0.3 is 0 Å². The first-order chi connectivity index (χ1) is 8.65. The molecule has 3 heteroatoms. The van der Waals surface area contributed by atoms with E-state index in [1.54, 1.807) is 14.2 Å². The maximum atomic E-state index is 6.28. The van der Waals surface area contributed by atoms with Crippen molar-refractivity contribution in [3.63, 3.8) is 0 Å². The third kappa shape index (κ3) is 2.61. The van der Waals surface area contributed by atoms with Gasteiger partial charge in [0, 0.05) is 18.0 Å². The minimum atomic E-state index is 0.239. The summed E-state index contributed by atoms with van der Waals surface area (Å²) in [6.45, 7) is 2.30. The van der Waals surface area contributed by atoms with Crippen molar-refractivity contribution in [3.8, 4) is 11.5 Å². The van der Waals surface area contributed by atoms with Crippen LogP contribution in [0.15, 0.2) is 18.2 Å². The van der Waals surface area contributed by atoms with Crippen LogP contribution < -0.4 is 15.2 Å². The molecule has 3 atom stereocenters. The van der Waals surface area contributed by atoms with Gasteiger partial charge in [-0.25, -0.2) is 0 Å². The van der Waals surface area contributed by atoms with Gasteiger partial charge in [-0.2, -0.15) is 0 Å². The van der Waals surface area contributed by atoms with Crippen LogP contribution in [-0.4, -0.2) is 20.3 Å². The van der Waals surface area contributed by atoms with Crippen molar-refractivity contribution in [3.05, 3.63) is 23.8 Å². The zero-order valence-electron chi connectivity index (χ0n) is 11.5. The molecule has 1 fully saturated rings. The van der Waals surface area contributed by atoms with E-state index in [1.165, 1.54) is 12.0 Å². The number of hydrogen-bond acceptors (Lipinski definition) is 3. The third-order valence-corrected chi connectivity index (χ3v) is 4.01. The summed E-state index contributed by atoms with van der Waals surface area (Å²) < 4.78 is 10.7. The van der Waals surface area contributed by atoms with Gasteiger partial charge in [0.05, 0.1) is 14.2 Å². The van der Waals surface area contributed by atoms with Gasteiger partial charge in [0.25, 0.3) is 0 Å². The van der Waals surface area contributed by atoms with Crippen LogP contribution in [0.5, 0.6) is 11.5 Å². The first-order valence-electron chi connectivity index (χ1n) is 6.63. The van der Waals surface area contributed by atoms with Crippen molar-refractivity contribution < 1.29 is 9.47 Å². The highest BCUT2D eigenvalue weighted by Crippen LogP contribution is 2.40. The van der Waals surface area contributed by atoms with E-state index in [0.717, 1.165) is 30.3 Å². The fourth-order valence-electron chi connectivity index (χ4n) is 2.89. The van der Waals surface area contributed by atoms with Crippen molar-refractivity contribution in [2.45, 2.75) is 38.1 Å². The topological polar surface area (TPSA) is 44.5 Å². The summed E-state index contributed by atoms with van der Waals surface area (Å²) in [5.74, 6) is 2.85. The average molecular weight is 249 g/mol. The summed E-state index contributed by atoms with van der Waals surface area (Å²) in [6.07, 6.45) is 3.47. The van der Waals surface area contributed by atoms with Crippen molar-refractivity contribution in [1.82, 2.24) is 0 Å². The second-order valence-corrected chi connectivity index (χ2v) is 5.30. The molecular formula is C15H23NO2. The van der Waals surface area contributed by atoms with Crippen LogP contribution in [0, 0.1) is 5.92 Å². The monoisotopic (exact) mass is 249 g/mol. The molecule has 0 bridgehead atoms. The highest BCUT2D eigenvalue weighted by atomic mass is 16.5. The molecule has 0 aliphatic heterocycles. The second kappa shape index (κ2) is 5.61. The van der Waals surface area contributed by atoms with E-state index in [1.807, 2.05) is 12.1 Å². The van der Waals surface area contributed by atoms with Crippen LogP contribution >= 0.6 is 0 Å². The molecule has 1 aliphatic rings. The quantitative estimate of drug-likeness (QED) is 0.895. The fourth-order valence-corrected chi connectivity index (χ4v) is 2.89. The molecule has 100 valence electrons. The van der Waals surface area contributed by atoms with Crippen LogP contribution in [-0.2, 0) is 0 Å². The Labute approximate surface area is 109 Å². The third-order valence-electron chi connectivity index (χ3n) is 4.01. The Kier molecular flexibility index (Phi) is 4.12. The fraction of sp³-hybridized carbons (Fsp3) is 0.600. The summed E-state index contributed by atoms with van der Waals surface area (Å²) in [6, 6.07) is 6.27. The molecule has 1 aromatic rings. The Morgan fingerprint density at radius 2 is 1.94 bits per heavy atom. The van der Waals surface area contributed by atoms with Crippen LogP contribution in [0.25, 0.3) is 0 Å². The molecule has 3 nitrogen and oxygen atoms in total. The molecule has 0 spiro atoms. The van der Waals surface area contributed by atoms with Crippen molar-refractivity contribution in [2.24, 2.45) is 11.7 Å². The number of nitrogens with two attached hydrogens (primary N) is 1. The maximum absolute atomic E-state index is 6.28. The molecular weight excluding hydrogens is 226 g/mol. The van der Waals surface area contributed by atoms with E-state index in [-0.39, 0.29) is 6.04 Å². The lowest BCUT2D eigenvalue weighted by Crippen LogP contribution is -2.34. The molecule has 0 amide bonds. The van der Waals surface area contributed by atoms with E-state index >= 15 is 0 Å². The number of benzene rings is 1. The zero-order valence-corrected chi connectivity index (χ0v) is 11.5. The van der Waals surface area contributed by atoms with E-state index in [4.69, 9.17) is 15.2 Å². The number of hydrogen-bond donors (Lipinski definition) is 1. The standard InChI is InChI=1S/C15H23NO2/c1-10-4-7-14(16)13(8-10)12-6-5-11(17-2)9-15(12)18-3/h5-6,9-10,13-14H,4,7-8,16H2,1-3H3. The molecule has 1 saturated carbocycles. The summed E-state index contributed by atoms with van der Waals surface area (Å²) in [7, 11) is 3.37. The lowest BCUT2D eigenvalue weighted by molar-refractivity contribution is 0.298.